The fourth-order valence-corrected chi connectivity index (χ4v) is 4.24. The van der Waals surface area contributed by atoms with Gasteiger partial charge in [-0.2, -0.15) is 0 Å². The Hall–Kier alpha value is -1.99. The summed E-state index contributed by atoms with van der Waals surface area (Å²) in [4.78, 5) is 27.9. The van der Waals surface area contributed by atoms with Crippen molar-refractivity contribution in [1.29, 1.82) is 0 Å². The largest absolute Gasteiger partial charge is 0.493 e. The molecule has 1 aliphatic carbocycles. The molecule has 0 aliphatic heterocycles. The highest BCUT2D eigenvalue weighted by Crippen LogP contribution is 2.33. The zero-order chi connectivity index (χ0) is 23.3. The van der Waals surface area contributed by atoms with Gasteiger partial charge >= 0.3 is 0 Å². The van der Waals surface area contributed by atoms with E-state index in [1.165, 1.54) is 6.42 Å². The van der Waals surface area contributed by atoms with Gasteiger partial charge in [-0.3, -0.25) is 9.59 Å². The maximum Gasteiger partial charge on any atom is 0.247 e. The lowest BCUT2D eigenvalue weighted by Gasteiger charge is -2.33. The molecular weight excluding hydrogens is 432 g/mol. The van der Waals surface area contributed by atoms with Crippen LogP contribution < -0.4 is 14.8 Å². The third kappa shape index (κ3) is 7.55. The predicted octanol–water partition coefficient (Wildman–Crippen LogP) is 4.08. The van der Waals surface area contributed by atoms with Crippen molar-refractivity contribution in [2.45, 2.75) is 64.5 Å². The fraction of sp³-hybridized carbons (Fsp3) is 0.667. The number of carbonyl (C=O) groups excluding carboxylic acids is 2. The Labute approximate surface area is 196 Å². The van der Waals surface area contributed by atoms with Crippen LogP contribution in [0.5, 0.6) is 11.5 Å². The van der Waals surface area contributed by atoms with E-state index in [0.29, 0.717) is 49.8 Å². The highest BCUT2D eigenvalue weighted by molar-refractivity contribution is 6.27. The van der Waals surface area contributed by atoms with E-state index in [0.717, 1.165) is 25.7 Å². The Morgan fingerprint density at radius 1 is 1.16 bits per heavy atom. The summed E-state index contributed by atoms with van der Waals surface area (Å²) in [5, 5.41) is 3.18. The lowest BCUT2D eigenvalue weighted by atomic mass is 9.94. The van der Waals surface area contributed by atoms with Gasteiger partial charge in [-0.25, -0.2) is 0 Å². The van der Waals surface area contributed by atoms with Gasteiger partial charge in [0.05, 0.1) is 13.7 Å². The predicted molar refractivity (Wildman–Crippen MR) is 125 cm³/mol. The standard InChI is InChI=1S/C24H37ClN2O5/c1-4-31-15-9-14-27(22(28)17-25)23(24(29)26-19-10-7-6-8-11-19)18-12-13-20(32-5-2)21(16-18)30-3/h12-13,16,19,23H,4-11,14-15,17H2,1-3H3,(H,26,29)/t23-/m1/s1. The van der Waals surface area contributed by atoms with Gasteiger partial charge in [0.2, 0.25) is 11.8 Å². The number of benzene rings is 1. The maximum atomic E-state index is 13.5. The molecule has 0 heterocycles. The third-order valence-electron chi connectivity index (χ3n) is 5.64. The second-order valence-electron chi connectivity index (χ2n) is 7.86. The number of hydrogen-bond donors (Lipinski definition) is 1. The number of rotatable bonds is 13. The summed E-state index contributed by atoms with van der Waals surface area (Å²) in [7, 11) is 1.56. The van der Waals surface area contributed by atoms with Crippen molar-refractivity contribution in [2.75, 3.05) is 39.4 Å². The summed E-state index contributed by atoms with van der Waals surface area (Å²) >= 11 is 5.94. The quantitative estimate of drug-likeness (QED) is 0.348. The monoisotopic (exact) mass is 468 g/mol. The van der Waals surface area contributed by atoms with Crippen molar-refractivity contribution in [3.8, 4) is 11.5 Å². The summed E-state index contributed by atoms with van der Waals surface area (Å²) < 4.78 is 16.5. The number of nitrogens with one attached hydrogen (secondary N) is 1. The highest BCUT2D eigenvalue weighted by Gasteiger charge is 2.33. The van der Waals surface area contributed by atoms with Crippen LogP contribution in [0.4, 0.5) is 0 Å². The van der Waals surface area contributed by atoms with Crippen LogP contribution in [0.3, 0.4) is 0 Å². The SMILES string of the molecule is CCOCCCN(C(=O)CCl)[C@@H](C(=O)NC1CCCCC1)c1ccc(OCC)c(OC)c1. The molecule has 180 valence electrons. The summed E-state index contributed by atoms with van der Waals surface area (Å²) in [5.74, 6) is 0.428. The molecule has 0 radical (unpaired) electrons. The van der Waals surface area contributed by atoms with Gasteiger partial charge in [0.25, 0.3) is 0 Å². The highest BCUT2D eigenvalue weighted by atomic mass is 35.5. The fourth-order valence-electron chi connectivity index (χ4n) is 4.08. The minimum Gasteiger partial charge on any atom is -0.493 e. The van der Waals surface area contributed by atoms with Crippen LogP contribution in [-0.4, -0.2) is 62.1 Å². The van der Waals surface area contributed by atoms with Crippen LogP contribution in [0.2, 0.25) is 0 Å². The Bertz CT molecular complexity index is 724. The first-order valence-electron chi connectivity index (χ1n) is 11.6. The van der Waals surface area contributed by atoms with Crippen LogP contribution in [0.25, 0.3) is 0 Å². The Kier molecular flexibility index (Phi) is 11.7. The molecule has 32 heavy (non-hydrogen) atoms. The topological polar surface area (TPSA) is 77.1 Å². The molecule has 0 saturated heterocycles. The van der Waals surface area contributed by atoms with E-state index >= 15 is 0 Å². The summed E-state index contributed by atoms with van der Waals surface area (Å²) in [6, 6.07) is 4.68. The molecule has 1 fully saturated rings. The van der Waals surface area contributed by atoms with Crippen molar-refractivity contribution in [3.05, 3.63) is 23.8 Å². The number of carbonyl (C=O) groups is 2. The van der Waals surface area contributed by atoms with Crippen LogP contribution in [-0.2, 0) is 14.3 Å². The van der Waals surface area contributed by atoms with E-state index in [4.69, 9.17) is 25.8 Å². The summed E-state index contributed by atoms with van der Waals surface area (Å²) in [5.41, 5.74) is 0.661. The van der Waals surface area contributed by atoms with Crippen LogP contribution in [0, 0.1) is 0 Å². The first-order valence-corrected chi connectivity index (χ1v) is 12.1. The molecule has 7 nitrogen and oxygen atoms in total. The molecule has 1 atom stereocenters. The van der Waals surface area contributed by atoms with Gasteiger partial charge < -0.3 is 24.4 Å². The van der Waals surface area contributed by atoms with Gasteiger partial charge in [-0.05, 0) is 50.8 Å². The average molecular weight is 469 g/mol. The van der Waals surface area contributed by atoms with Gasteiger partial charge in [-0.1, -0.05) is 25.3 Å². The van der Waals surface area contributed by atoms with Crippen molar-refractivity contribution in [2.24, 2.45) is 0 Å². The number of amides is 2. The lowest BCUT2D eigenvalue weighted by molar-refractivity contribution is -0.139. The molecule has 0 spiro atoms. The number of alkyl halides is 1. The molecular formula is C24H37ClN2O5. The zero-order valence-electron chi connectivity index (χ0n) is 19.5. The third-order valence-corrected chi connectivity index (χ3v) is 5.87. The van der Waals surface area contributed by atoms with Gasteiger partial charge in [-0.15, -0.1) is 11.6 Å². The number of nitrogens with zero attached hydrogens (tertiary/aromatic N) is 1. The minimum atomic E-state index is -0.811. The van der Waals surface area contributed by atoms with Crippen LogP contribution in [0.1, 0.15) is 64.0 Å². The first-order chi connectivity index (χ1) is 15.5. The molecule has 8 heteroatoms. The second kappa shape index (κ2) is 14.2. The number of halogens is 1. The molecule has 0 bridgehead atoms. The van der Waals surface area contributed by atoms with Gasteiger partial charge in [0.15, 0.2) is 11.5 Å². The maximum absolute atomic E-state index is 13.5. The van der Waals surface area contributed by atoms with Crippen molar-refractivity contribution in [3.63, 3.8) is 0 Å². The second-order valence-corrected chi connectivity index (χ2v) is 8.13. The molecule has 1 aliphatic rings. The molecule has 0 unspecified atom stereocenters. The molecule has 2 rings (SSSR count). The Morgan fingerprint density at radius 3 is 2.53 bits per heavy atom. The van der Waals surface area contributed by atoms with Gasteiger partial charge in [0, 0.05) is 25.8 Å². The van der Waals surface area contributed by atoms with E-state index in [1.54, 1.807) is 24.1 Å². The minimum absolute atomic E-state index is 0.125. The summed E-state index contributed by atoms with van der Waals surface area (Å²) in [6.07, 6.45) is 5.92. The van der Waals surface area contributed by atoms with Crippen LogP contribution >= 0.6 is 11.6 Å². The molecule has 1 aromatic carbocycles. The van der Waals surface area contributed by atoms with Crippen LogP contribution in [0.15, 0.2) is 18.2 Å². The Morgan fingerprint density at radius 2 is 1.91 bits per heavy atom. The van der Waals surface area contributed by atoms with Crippen molar-refractivity contribution >= 4 is 23.4 Å². The Balaban J connectivity index is 2.37. The molecule has 1 saturated carbocycles. The smallest absolute Gasteiger partial charge is 0.247 e. The van der Waals surface area contributed by atoms with Gasteiger partial charge in [0.1, 0.15) is 11.9 Å². The molecule has 0 aromatic heterocycles. The molecule has 2 amide bonds. The average Bonchev–Trinajstić information content (AvgIpc) is 2.81. The van der Waals surface area contributed by atoms with E-state index < -0.39 is 6.04 Å². The first kappa shape index (κ1) is 26.3. The van der Waals surface area contributed by atoms with E-state index in [2.05, 4.69) is 5.32 Å². The lowest BCUT2D eigenvalue weighted by Crippen LogP contribution is -2.48. The number of methoxy groups -OCH3 is 1. The van der Waals surface area contributed by atoms with Crippen molar-refractivity contribution < 1.29 is 23.8 Å². The normalized spacial score (nSPS) is 15.1. The molecule has 1 N–H and O–H groups in total. The number of ether oxygens (including phenoxy) is 3. The zero-order valence-corrected chi connectivity index (χ0v) is 20.3. The van der Waals surface area contributed by atoms with E-state index in [9.17, 15) is 9.59 Å². The number of hydrogen-bond acceptors (Lipinski definition) is 5. The molecule has 1 aromatic rings. The van der Waals surface area contributed by atoms with Crippen molar-refractivity contribution in [1.82, 2.24) is 10.2 Å². The van der Waals surface area contributed by atoms with E-state index in [1.807, 2.05) is 19.9 Å². The summed E-state index contributed by atoms with van der Waals surface area (Å²) in [6.45, 7) is 5.79. The van der Waals surface area contributed by atoms with E-state index in [-0.39, 0.29) is 23.7 Å².